The highest BCUT2D eigenvalue weighted by Crippen LogP contribution is 2.33. The molecule has 5 rings (SSSR count). The average molecular weight is 502 g/mol. The fourth-order valence-corrected chi connectivity index (χ4v) is 6.15. The molecule has 0 bridgehead atoms. The summed E-state index contributed by atoms with van der Waals surface area (Å²) in [7, 11) is 1.94. The first-order valence-electron chi connectivity index (χ1n) is 11.3. The minimum atomic E-state index is 0.572. The molecular formula is C24H31N5OS3. The highest BCUT2D eigenvalue weighted by molar-refractivity contribution is 8.15. The first-order valence-corrected chi connectivity index (χ1v) is 13.7. The predicted molar refractivity (Wildman–Crippen MR) is 147 cm³/mol. The van der Waals surface area contributed by atoms with Crippen molar-refractivity contribution in [2.75, 3.05) is 56.7 Å². The third-order valence-electron chi connectivity index (χ3n) is 5.48. The van der Waals surface area contributed by atoms with Crippen molar-refractivity contribution in [1.29, 1.82) is 0 Å². The molecule has 0 amide bonds. The standard InChI is InChI=1S/C19H26N4OS2.C5H5NS/c1-3-24-14-8-13-9-17(22-18(13)16(10-14)20-2)19-21-11-15(26-19)12-23-4-6-25-7-5-23;7-5-3-1-2-4-6-5/h8-10,15,20,22H,3-7,11-12H2,1-2H3;1-4H,(H,6,7). The van der Waals surface area contributed by atoms with Crippen LogP contribution in [0.3, 0.4) is 0 Å². The molecule has 1 unspecified atom stereocenters. The second kappa shape index (κ2) is 12.0. The molecule has 1 atom stereocenters. The van der Waals surface area contributed by atoms with E-state index in [1.807, 2.05) is 56.2 Å². The molecule has 4 heterocycles. The third kappa shape index (κ3) is 6.56. The first-order chi connectivity index (χ1) is 16.2. The fourth-order valence-electron chi connectivity index (χ4n) is 3.89. The summed E-state index contributed by atoms with van der Waals surface area (Å²) in [5.74, 6) is 3.43. The molecule has 1 saturated heterocycles. The van der Waals surface area contributed by atoms with Crippen LogP contribution >= 0.6 is 35.7 Å². The largest absolute Gasteiger partial charge is 0.494 e. The molecule has 2 aromatic heterocycles. The van der Waals surface area contributed by atoms with Crippen LogP contribution < -0.4 is 10.1 Å². The van der Waals surface area contributed by atoms with Gasteiger partial charge in [0.2, 0.25) is 0 Å². The van der Waals surface area contributed by atoms with Gasteiger partial charge in [-0.25, -0.2) is 0 Å². The molecule has 3 aromatic rings. The van der Waals surface area contributed by atoms with E-state index in [1.165, 1.54) is 24.6 Å². The van der Waals surface area contributed by atoms with Crippen LogP contribution in [0, 0.1) is 4.64 Å². The van der Waals surface area contributed by atoms with Crippen LogP contribution in [-0.2, 0) is 0 Å². The number of aromatic nitrogens is 2. The zero-order chi connectivity index (χ0) is 23.0. The maximum absolute atomic E-state index is 5.70. The molecule has 9 heteroatoms. The van der Waals surface area contributed by atoms with Crippen molar-refractivity contribution in [2.45, 2.75) is 12.2 Å². The Kier molecular flexibility index (Phi) is 8.77. The quantitative estimate of drug-likeness (QED) is 0.400. The van der Waals surface area contributed by atoms with Gasteiger partial charge in [-0.15, -0.1) is 0 Å². The molecule has 1 aromatic carbocycles. The van der Waals surface area contributed by atoms with Crippen LogP contribution in [0.5, 0.6) is 5.75 Å². The Labute approximate surface area is 209 Å². The Balaban J connectivity index is 0.000000318. The Bertz CT molecular complexity index is 1120. The molecule has 0 radical (unpaired) electrons. The lowest BCUT2D eigenvalue weighted by Gasteiger charge is -2.28. The molecule has 6 nitrogen and oxygen atoms in total. The van der Waals surface area contributed by atoms with E-state index in [0.717, 1.165) is 50.8 Å². The molecule has 2 aliphatic heterocycles. The summed E-state index contributed by atoms with van der Waals surface area (Å²) in [6, 6.07) is 12.0. The molecule has 1 fully saturated rings. The van der Waals surface area contributed by atoms with E-state index in [0.29, 0.717) is 11.9 Å². The van der Waals surface area contributed by atoms with E-state index in [2.05, 4.69) is 44.1 Å². The summed E-state index contributed by atoms with van der Waals surface area (Å²) in [5, 5.41) is 6.14. The van der Waals surface area contributed by atoms with Gasteiger partial charge in [0.25, 0.3) is 0 Å². The highest BCUT2D eigenvalue weighted by atomic mass is 32.2. The molecule has 0 saturated carbocycles. The van der Waals surface area contributed by atoms with Gasteiger partial charge < -0.3 is 24.9 Å². The van der Waals surface area contributed by atoms with Gasteiger partial charge >= 0.3 is 0 Å². The van der Waals surface area contributed by atoms with Gasteiger partial charge in [-0.1, -0.05) is 30.0 Å². The summed E-state index contributed by atoms with van der Waals surface area (Å²) in [5.41, 5.74) is 3.29. The number of thioether (sulfide) groups is 2. The second-order valence-corrected chi connectivity index (χ2v) is 10.8. The van der Waals surface area contributed by atoms with Crippen LogP contribution in [0.4, 0.5) is 5.69 Å². The van der Waals surface area contributed by atoms with Gasteiger partial charge in [-0.2, -0.15) is 11.8 Å². The van der Waals surface area contributed by atoms with Crippen LogP contribution in [0.2, 0.25) is 0 Å². The highest BCUT2D eigenvalue weighted by Gasteiger charge is 2.25. The number of pyridine rings is 1. The number of ether oxygens (including phenoxy) is 1. The Morgan fingerprint density at radius 3 is 2.76 bits per heavy atom. The third-order valence-corrected chi connectivity index (χ3v) is 7.88. The molecule has 33 heavy (non-hydrogen) atoms. The summed E-state index contributed by atoms with van der Waals surface area (Å²) >= 11 is 8.74. The number of aliphatic imine (C=N–C) groups is 1. The van der Waals surface area contributed by atoms with E-state index >= 15 is 0 Å². The summed E-state index contributed by atoms with van der Waals surface area (Å²) in [6.07, 6.45) is 1.81. The van der Waals surface area contributed by atoms with Gasteiger partial charge in [0, 0.05) is 61.1 Å². The van der Waals surface area contributed by atoms with Crippen LogP contribution in [0.1, 0.15) is 12.6 Å². The lowest BCUT2D eigenvalue weighted by molar-refractivity contribution is 0.305. The number of hydrogen-bond acceptors (Lipinski definition) is 7. The minimum absolute atomic E-state index is 0.572. The number of nitrogens with one attached hydrogen (secondary N) is 3. The summed E-state index contributed by atoms with van der Waals surface area (Å²) < 4.78 is 6.48. The van der Waals surface area contributed by atoms with Crippen LogP contribution in [0.15, 0.2) is 47.6 Å². The molecule has 2 aliphatic rings. The van der Waals surface area contributed by atoms with Gasteiger partial charge in [0.1, 0.15) is 15.4 Å². The van der Waals surface area contributed by atoms with E-state index in [-0.39, 0.29) is 0 Å². The van der Waals surface area contributed by atoms with Crippen molar-refractivity contribution in [3.63, 3.8) is 0 Å². The maximum atomic E-state index is 5.70. The topological polar surface area (TPSA) is 68.4 Å². The second-order valence-electron chi connectivity index (χ2n) is 7.83. The number of rotatable bonds is 6. The summed E-state index contributed by atoms with van der Waals surface area (Å²) in [4.78, 5) is 13.8. The van der Waals surface area contributed by atoms with E-state index in [4.69, 9.17) is 21.9 Å². The average Bonchev–Trinajstić information content (AvgIpc) is 3.47. The molecule has 0 spiro atoms. The van der Waals surface area contributed by atoms with Gasteiger partial charge in [-0.3, -0.25) is 4.99 Å². The minimum Gasteiger partial charge on any atom is -0.494 e. The molecule has 3 N–H and O–H groups in total. The smallest absolute Gasteiger partial charge is 0.122 e. The zero-order valence-electron chi connectivity index (χ0n) is 19.1. The fraction of sp³-hybridized carbons (Fsp3) is 0.417. The zero-order valence-corrected chi connectivity index (χ0v) is 21.5. The number of nitrogens with zero attached hydrogens (tertiary/aromatic N) is 2. The number of anilines is 1. The van der Waals surface area contributed by atoms with Crippen LogP contribution in [-0.4, -0.2) is 76.5 Å². The normalized spacial score (nSPS) is 18.5. The number of benzene rings is 1. The number of fused-ring (bicyclic) bond motifs is 1. The lowest BCUT2D eigenvalue weighted by Crippen LogP contribution is -2.37. The van der Waals surface area contributed by atoms with Crippen molar-refractivity contribution in [2.24, 2.45) is 4.99 Å². The first kappa shape index (κ1) is 24.2. The van der Waals surface area contributed by atoms with Crippen molar-refractivity contribution in [1.82, 2.24) is 14.9 Å². The van der Waals surface area contributed by atoms with Crippen molar-refractivity contribution >= 4 is 57.4 Å². The van der Waals surface area contributed by atoms with E-state index < -0.39 is 0 Å². The van der Waals surface area contributed by atoms with Crippen molar-refractivity contribution in [3.05, 3.63) is 52.9 Å². The Hall–Kier alpha value is -1.94. The molecule has 0 aliphatic carbocycles. The summed E-state index contributed by atoms with van der Waals surface area (Å²) in [6.45, 7) is 7.18. The molecule has 176 valence electrons. The Morgan fingerprint density at radius 1 is 1.24 bits per heavy atom. The lowest BCUT2D eigenvalue weighted by atomic mass is 10.2. The van der Waals surface area contributed by atoms with E-state index in [1.54, 1.807) is 0 Å². The van der Waals surface area contributed by atoms with Gasteiger partial charge in [0.15, 0.2) is 0 Å². The number of H-pyrrole nitrogens is 2. The number of hydrogen-bond donors (Lipinski definition) is 3. The van der Waals surface area contributed by atoms with E-state index in [9.17, 15) is 0 Å². The predicted octanol–water partition coefficient (Wildman–Crippen LogP) is 5.26. The SMILES string of the molecule is CCOc1cc(NC)c2[nH]c(C3=NCC(CN4CCSCC4)S3)cc2c1.S=c1cccc[nH]1. The van der Waals surface area contributed by atoms with Gasteiger partial charge in [0.05, 0.1) is 30.0 Å². The molecular weight excluding hydrogens is 470 g/mol. The van der Waals surface area contributed by atoms with Crippen molar-refractivity contribution in [3.8, 4) is 5.75 Å². The van der Waals surface area contributed by atoms with Crippen LogP contribution in [0.25, 0.3) is 10.9 Å². The van der Waals surface area contributed by atoms with Gasteiger partial charge in [-0.05, 0) is 31.2 Å². The Morgan fingerprint density at radius 2 is 2.09 bits per heavy atom. The maximum Gasteiger partial charge on any atom is 0.122 e. The monoisotopic (exact) mass is 501 g/mol. The van der Waals surface area contributed by atoms with Crippen molar-refractivity contribution < 1.29 is 4.74 Å². The number of aromatic amines is 2.